The lowest BCUT2D eigenvalue weighted by Crippen LogP contribution is -2.50. The summed E-state index contributed by atoms with van der Waals surface area (Å²) in [5, 5.41) is 0. The quantitative estimate of drug-likeness (QED) is 0.641. The minimum absolute atomic E-state index is 0.0248. The number of hydrogen-bond donors (Lipinski definition) is 3. The average molecular weight is 335 g/mol. The van der Waals surface area contributed by atoms with E-state index in [4.69, 9.17) is 5.73 Å². The highest BCUT2D eigenvalue weighted by Gasteiger charge is 2.26. The molecule has 21 heavy (non-hydrogen) atoms. The molecule has 0 aliphatic heterocycles. The van der Waals surface area contributed by atoms with E-state index in [1.165, 1.54) is 6.07 Å². The van der Waals surface area contributed by atoms with Gasteiger partial charge in [-0.15, -0.1) is 0 Å². The Kier molecular flexibility index (Phi) is 5.04. The predicted molar refractivity (Wildman–Crippen MR) is 82.8 cm³/mol. The van der Waals surface area contributed by atoms with Crippen molar-refractivity contribution < 1.29 is 16.8 Å². The van der Waals surface area contributed by atoms with Gasteiger partial charge in [-0.1, -0.05) is 6.07 Å². The third-order valence-corrected chi connectivity index (χ3v) is 5.02. The molecule has 0 aliphatic rings. The summed E-state index contributed by atoms with van der Waals surface area (Å²) in [7, 11) is -7.24. The van der Waals surface area contributed by atoms with E-state index in [9.17, 15) is 16.8 Å². The summed E-state index contributed by atoms with van der Waals surface area (Å²) in [4.78, 5) is -0.0248. The Morgan fingerprint density at radius 2 is 1.76 bits per heavy atom. The Morgan fingerprint density at radius 3 is 2.24 bits per heavy atom. The van der Waals surface area contributed by atoms with Crippen LogP contribution in [0.4, 0.5) is 5.69 Å². The second kappa shape index (κ2) is 5.91. The molecule has 0 atom stereocenters. The van der Waals surface area contributed by atoms with Crippen molar-refractivity contribution in [1.29, 1.82) is 0 Å². The van der Waals surface area contributed by atoms with Gasteiger partial charge < -0.3 is 5.73 Å². The predicted octanol–water partition coefficient (Wildman–Crippen LogP) is 0.183. The van der Waals surface area contributed by atoms with E-state index in [1.807, 2.05) is 0 Å². The van der Waals surface area contributed by atoms with E-state index in [0.717, 1.165) is 11.8 Å². The minimum atomic E-state index is -3.81. The van der Waals surface area contributed by atoms with Crippen molar-refractivity contribution in [3.63, 3.8) is 0 Å². The molecular weight excluding hydrogens is 314 g/mol. The van der Waals surface area contributed by atoms with Crippen LogP contribution in [0.15, 0.2) is 23.1 Å². The lowest BCUT2D eigenvalue weighted by molar-refractivity contribution is 0.446. The molecule has 0 heterocycles. The van der Waals surface area contributed by atoms with E-state index in [2.05, 4.69) is 9.44 Å². The molecule has 0 spiro atoms. The summed E-state index contributed by atoms with van der Waals surface area (Å²) < 4.78 is 51.6. The van der Waals surface area contributed by atoms with E-state index >= 15 is 0 Å². The zero-order chi connectivity index (χ0) is 16.5. The normalized spacial score (nSPS) is 13.3. The van der Waals surface area contributed by atoms with E-state index in [1.54, 1.807) is 32.9 Å². The van der Waals surface area contributed by atoms with Gasteiger partial charge in [-0.3, -0.25) is 0 Å². The zero-order valence-electron chi connectivity index (χ0n) is 12.5. The van der Waals surface area contributed by atoms with Crippen molar-refractivity contribution in [2.24, 2.45) is 0 Å². The molecule has 0 amide bonds. The fraction of sp³-hybridized carbons (Fsp3) is 0.500. The summed E-state index contributed by atoms with van der Waals surface area (Å²) >= 11 is 0. The monoisotopic (exact) mass is 335 g/mol. The number of rotatable bonds is 6. The number of anilines is 1. The number of sulfonamides is 2. The summed E-state index contributed by atoms with van der Waals surface area (Å²) in [5.41, 5.74) is 5.76. The molecule has 0 bridgehead atoms. The number of hydrogen-bond acceptors (Lipinski definition) is 5. The summed E-state index contributed by atoms with van der Waals surface area (Å²) in [6.45, 7) is 4.86. The van der Waals surface area contributed by atoms with Crippen LogP contribution in [-0.4, -0.2) is 35.2 Å². The van der Waals surface area contributed by atoms with Crippen molar-refractivity contribution in [2.75, 3.05) is 18.5 Å². The average Bonchev–Trinajstić information content (AvgIpc) is 2.23. The highest BCUT2D eigenvalue weighted by atomic mass is 32.2. The van der Waals surface area contributed by atoms with Gasteiger partial charge in [0.15, 0.2) is 0 Å². The first kappa shape index (κ1) is 17.9. The van der Waals surface area contributed by atoms with Gasteiger partial charge in [-0.05, 0) is 38.5 Å². The maximum atomic E-state index is 12.2. The largest absolute Gasteiger partial charge is 0.398 e. The Balaban J connectivity index is 2.91. The molecule has 1 aromatic carbocycles. The number of nitrogens with two attached hydrogens (primary N) is 1. The Hall–Kier alpha value is -1.16. The van der Waals surface area contributed by atoms with Crippen LogP contribution in [0.3, 0.4) is 0 Å². The second-order valence-corrected chi connectivity index (χ2v) is 9.11. The van der Waals surface area contributed by atoms with Crippen LogP contribution < -0.4 is 15.2 Å². The highest BCUT2D eigenvalue weighted by Crippen LogP contribution is 2.19. The summed E-state index contributed by atoms with van der Waals surface area (Å²) in [6.07, 6.45) is 1.02. The van der Waals surface area contributed by atoms with Crippen LogP contribution in [-0.2, 0) is 20.0 Å². The number of nitrogens with one attached hydrogen (secondary N) is 2. The van der Waals surface area contributed by atoms with Crippen LogP contribution in [0, 0.1) is 6.92 Å². The smallest absolute Gasteiger partial charge is 0.242 e. The number of benzene rings is 1. The van der Waals surface area contributed by atoms with Crippen LogP contribution in [0.2, 0.25) is 0 Å². The molecule has 0 fully saturated rings. The van der Waals surface area contributed by atoms with Crippen molar-refractivity contribution in [2.45, 2.75) is 31.2 Å². The van der Waals surface area contributed by atoms with Crippen molar-refractivity contribution >= 4 is 25.7 Å². The summed E-state index contributed by atoms with van der Waals surface area (Å²) in [5.74, 6) is 0. The molecule has 120 valence electrons. The Bertz CT molecular complexity index is 725. The third kappa shape index (κ3) is 5.62. The molecule has 0 unspecified atom stereocenters. The molecule has 0 aliphatic carbocycles. The fourth-order valence-electron chi connectivity index (χ4n) is 1.80. The van der Waals surface area contributed by atoms with Crippen molar-refractivity contribution in [3.05, 3.63) is 23.8 Å². The molecule has 9 heteroatoms. The van der Waals surface area contributed by atoms with Crippen LogP contribution in [0.5, 0.6) is 0 Å². The highest BCUT2D eigenvalue weighted by molar-refractivity contribution is 7.89. The third-order valence-electron chi connectivity index (χ3n) is 2.62. The van der Waals surface area contributed by atoms with Gasteiger partial charge in [0.2, 0.25) is 20.0 Å². The minimum Gasteiger partial charge on any atom is -0.398 e. The SMILES string of the molecule is Cc1ccc(S(=O)(=O)NCC(C)(C)NS(C)(=O)=O)c(N)c1. The van der Waals surface area contributed by atoms with Gasteiger partial charge in [0.05, 0.1) is 11.9 Å². The number of aryl methyl sites for hydroxylation is 1. The first-order valence-corrected chi connectivity index (χ1v) is 9.55. The van der Waals surface area contributed by atoms with Gasteiger partial charge in [-0.2, -0.15) is 0 Å². The topological polar surface area (TPSA) is 118 Å². The van der Waals surface area contributed by atoms with Crippen LogP contribution >= 0.6 is 0 Å². The molecule has 1 aromatic rings. The van der Waals surface area contributed by atoms with Crippen LogP contribution in [0.1, 0.15) is 19.4 Å². The zero-order valence-corrected chi connectivity index (χ0v) is 14.1. The first-order valence-electron chi connectivity index (χ1n) is 6.17. The van der Waals surface area contributed by atoms with E-state index in [-0.39, 0.29) is 17.1 Å². The fourth-order valence-corrected chi connectivity index (χ4v) is 4.20. The molecule has 0 radical (unpaired) electrons. The second-order valence-electron chi connectivity index (χ2n) is 5.62. The maximum absolute atomic E-state index is 12.2. The van der Waals surface area contributed by atoms with Gasteiger partial charge in [-0.25, -0.2) is 26.3 Å². The standard InChI is InChI=1S/C12H21N3O4S2/c1-9-5-6-11(10(13)7-9)21(18,19)14-8-12(2,3)15-20(4,16)17/h5-7,14-15H,8,13H2,1-4H3. The molecular formula is C12H21N3O4S2. The molecule has 0 aromatic heterocycles. The molecule has 7 nitrogen and oxygen atoms in total. The lowest BCUT2D eigenvalue weighted by atomic mass is 10.1. The van der Waals surface area contributed by atoms with Gasteiger partial charge in [0.25, 0.3) is 0 Å². The van der Waals surface area contributed by atoms with Gasteiger partial charge in [0, 0.05) is 12.1 Å². The Morgan fingerprint density at radius 1 is 1.19 bits per heavy atom. The van der Waals surface area contributed by atoms with Gasteiger partial charge >= 0.3 is 0 Å². The first-order chi connectivity index (χ1) is 9.32. The Labute approximate surface area is 126 Å². The molecule has 4 N–H and O–H groups in total. The molecule has 0 saturated carbocycles. The summed E-state index contributed by atoms with van der Waals surface area (Å²) in [6, 6.07) is 4.63. The molecule has 1 rings (SSSR count). The molecule has 0 saturated heterocycles. The van der Waals surface area contributed by atoms with Gasteiger partial charge in [0.1, 0.15) is 4.90 Å². The number of nitrogen functional groups attached to an aromatic ring is 1. The van der Waals surface area contributed by atoms with E-state index < -0.39 is 25.6 Å². The van der Waals surface area contributed by atoms with Crippen molar-refractivity contribution in [1.82, 2.24) is 9.44 Å². The lowest BCUT2D eigenvalue weighted by Gasteiger charge is -2.25. The maximum Gasteiger partial charge on any atom is 0.242 e. The van der Waals surface area contributed by atoms with E-state index in [0.29, 0.717) is 0 Å². The van der Waals surface area contributed by atoms with Crippen LogP contribution in [0.25, 0.3) is 0 Å². The van der Waals surface area contributed by atoms with Crippen molar-refractivity contribution in [3.8, 4) is 0 Å².